The molecule has 0 spiro atoms. The van der Waals surface area contributed by atoms with E-state index in [2.05, 4.69) is 0 Å². The van der Waals surface area contributed by atoms with Gasteiger partial charge in [-0.2, -0.15) is 0 Å². The summed E-state index contributed by atoms with van der Waals surface area (Å²) in [7, 11) is 0. The zero-order chi connectivity index (χ0) is 6.57. The zero-order valence-corrected chi connectivity index (χ0v) is 4.98. The fourth-order valence-corrected chi connectivity index (χ4v) is 0.298. The third-order valence-corrected chi connectivity index (χ3v) is 0.791. The van der Waals surface area contributed by atoms with E-state index in [1.165, 1.54) is 0 Å². The predicted octanol–water partition coefficient (Wildman–Crippen LogP) is -0.447. The minimum Gasteiger partial charge on any atom is -0.401 e. The van der Waals surface area contributed by atoms with E-state index >= 15 is 0 Å². The van der Waals surface area contributed by atoms with Crippen molar-refractivity contribution in [3.05, 3.63) is 11.8 Å². The van der Waals surface area contributed by atoms with Gasteiger partial charge in [0.1, 0.15) is 0 Å². The number of halogens is 1. The first-order valence-electron chi connectivity index (χ1n) is 1.98. The van der Waals surface area contributed by atoms with Crippen molar-refractivity contribution in [2.75, 3.05) is 5.88 Å². The summed E-state index contributed by atoms with van der Waals surface area (Å²) in [6.07, 6.45) is 1.09. The summed E-state index contributed by atoms with van der Waals surface area (Å²) in [6, 6.07) is 0. The maximum absolute atomic E-state index is 9.98. The maximum atomic E-state index is 9.98. The molecule has 4 heteroatoms. The SMILES string of the molecule is NC(=O)/C=C(\N)CCl. The molecule has 8 heavy (non-hydrogen) atoms. The number of amides is 1. The average Bonchev–Trinajstić information content (AvgIpc) is 1.65. The van der Waals surface area contributed by atoms with E-state index in [1.807, 2.05) is 0 Å². The number of alkyl halides is 1. The molecular formula is C4H7ClN2O. The van der Waals surface area contributed by atoms with Crippen molar-refractivity contribution in [1.82, 2.24) is 0 Å². The van der Waals surface area contributed by atoms with Crippen LogP contribution in [0.25, 0.3) is 0 Å². The molecule has 46 valence electrons. The van der Waals surface area contributed by atoms with Gasteiger partial charge in [-0.15, -0.1) is 11.6 Å². The van der Waals surface area contributed by atoms with Crippen molar-refractivity contribution < 1.29 is 4.79 Å². The number of primary amides is 1. The molecule has 0 saturated heterocycles. The predicted molar refractivity (Wildman–Crippen MR) is 32.2 cm³/mol. The number of carbonyl (C=O) groups is 1. The summed E-state index contributed by atoms with van der Waals surface area (Å²) in [6.45, 7) is 0. The van der Waals surface area contributed by atoms with Crippen LogP contribution < -0.4 is 11.5 Å². The molecule has 0 unspecified atom stereocenters. The highest BCUT2D eigenvalue weighted by Crippen LogP contribution is 1.84. The second kappa shape index (κ2) is 3.32. The molecule has 0 radical (unpaired) electrons. The number of nitrogens with two attached hydrogens (primary N) is 2. The van der Waals surface area contributed by atoms with E-state index in [-0.39, 0.29) is 5.88 Å². The third-order valence-electron chi connectivity index (χ3n) is 0.482. The Morgan fingerprint density at radius 3 is 2.25 bits per heavy atom. The number of rotatable bonds is 2. The van der Waals surface area contributed by atoms with E-state index in [0.29, 0.717) is 5.70 Å². The van der Waals surface area contributed by atoms with E-state index in [4.69, 9.17) is 23.1 Å². The summed E-state index contributed by atoms with van der Waals surface area (Å²) >= 11 is 5.19. The highest BCUT2D eigenvalue weighted by molar-refractivity contribution is 6.19. The Labute approximate surface area is 52.3 Å². The normalized spacial score (nSPS) is 11.4. The lowest BCUT2D eigenvalue weighted by molar-refractivity contribution is -0.113. The lowest BCUT2D eigenvalue weighted by Crippen LogP contribution is -2.10. The molecule has 0 heterocycles. The molecule has 3 nitrogen and oxygen atoms in total. The van der Waals surface area contributed by atoms with Crippen molar-refractivity contribution in [3.63, 3.8) is 0 Å². The second-order valence-corrected chi connectivity index (χ2v) is 1.52. The van der Waals surface area contributed by atoms with Crippen LogP contribution in [0.4, 0.5) is 0 Å². The average molecular weight is 135 g/mol. The Bertz CT molecular complexity index is 121. The summed E-state index contributed by atoms with van der Waals surface area (Å²) in [5.41, 5.74) is 10.1. The minimum atomic E-state index is -0.567. The van der Waals surface area contributed by atoms with Gasteiger partial charge in [0.2, 0.25) is 5.91 Å². The minimum absolute atomic E-state index is 0.142. The van der Waals surface area contributed by atoms with Gasteiger partial charge < -0.3 is 11.5 Å². The second-order valence-electron chi connectivity index (χ2n) is 1.26. The smallest absolute Gasteiger partial charge is 0.243 e. The van der Waals surface area contributed by atoms with Gasteiger partial charge in [-0.05, 0) is 0 Å². The summed E-state index contributed by atoms with van der Waals surface area (Å²) < 4.78 is 0. The molecule has 0 aromatic heterocycles. The molecule has 0 aliphatic rings. The first-order chi connectivity index (χ1) is 3.66. The number of hydrogen-bond donors (Lipinski definition) is 2. The molecule has 0 rings (SSSR count). The topological polar surface area (TPSA) is 69.1 Å². The summed E-state index contributed by atoms with van der Waals surface area (Å²) in [5.74, 6) is -0.425. The highest BCUT2D eigenvalue weighted by Gasteiger charge is 1.87. The van der Waals surface area contributed by atoms with E-state index in [9.17, 15) is 4.79 Å². The van der Waals surface area contributed by atoms with Crippen LogP contribution in [0.15, 0.2) is 11.8 Å². The first-order valence-corrected chi connectivity index (χ1v) is 2.51. The van der Waals surface area contributed by atoms with Crippen LogP contribution in [0, 0.1) is 0 Å². The number of allylic oxidation sites excluding steroid dienone is 1. The van der Waals surface area contributed by atoms with Gasteiger partial charge in [0.15, 0.2) is 0 Å². The summed E-state index contributed by atoms with van der Waals surface area (Å²) in [5, 5.41) is 0. The Balaban J connectivity index is 3.75. The van der Waals surface area contributed by atoms with E-state index < -0.39 is 5.91 Å². The molecule has 1 amide bonds. The van der Waals surface area contributed by atoms with Gasteiger partial charge in [0, 0.05) is 11.8 Å². The van der Waals surface area contributed by atoms with Gasteiger partial charge >= 0.3 is 0 Å². The van der Waals surface area contributed by atoms with Crippen molar-refractivity contribution in [2.24, 2.45) is 11.5 Å². The van der Waals surface area contributed by atoms with Gasteiger partial charge in [-0.3, -0.25) is 4.79 Å². The van der Waals surface area contributed by atoms with Crippen LogP contribution in [-0.2, 0) is 4.79 Å². The van der Waals surface area contributed by atoms with Crippen molar-refractivity contribution in [3.8, 4) is 0 Å². The van der Waals surface area contributed by atoms with Crippen LogP contribution in [-0.4, -0.2) is 11.8 Å². The Hall–Kier alpha value is -0.700. The van der Waals surface area contributed by atoms with Crippen LogP contribution in [0.5, 0.6) is 0 Å². The quantitative estimate of drug-likeness (QED) is 0.397. The van der Waals surface area contributed by atoms with Crippen LogP contribution in [0.3, 0.4) is 0 Å². The molecule has 4 N–H and O–H groups in total. The van der Waals surface area contributed by atoms with Crippen molar-refractivity contribution in [1.29, 1.82) is 0 Å². The van der Waals surface area contributed by atoms with Crippen molar-refractivity contribution >= 4 is 17.5 Å². The molecule has 0 fully saturated rings. The lowest BCUT2D eigenvalue weighted by Gasteiger charge is -1.87. The monoisotopic (exact) mass is 134 g/mol. The molecule has 0 aliphatic heterocycles. The molecule has 0 bridgehead atoms. The lowest BCUT2D eigenvalue weighted by atomic mass is 10.4. The van der Waals surface area contributed by atoms with Crippen LogP contribution in [0.1, 0.15) is 0 Å². The molecule has 0 saturated carbocycles. The molecule has 0 atom stereocenters. The Morgan fingerprint density at radius 1 is 1.62 bits per heavy atom. The van der Waals surface area contributed by atoms with Crippen LogP contribution >= 0.6 is 11.6 Å². The van der Waals surface area contributed by atoms with Gasteiger partial charge in [0.25, 0.3) is 0 Å². The fourth-order valence-electron chi connectivity index (χ4n) is 0.221. The summed E-state index contributed by atoms with van der Waals surface area (Å²) in [4.78, 5) is 9.98. The molecule has 0 aromatic carbocycles. The van der Waals surface area contributed by atoms with Crippen molar-refractivity contribution in [2.45, 2.75) is 0 Å². The zero-order valence-electron chi connectivity index (χ0n) is 4.23. The fraction of sp³-hybridized carbons (Fsp3) is 0.250. The van der Waals surface area contributed by atoms with E-state index in [0.717, 1.165) is 6.08 Å². The van der Waals surface area contributed by atoms with Gasteiger partial charge in [-0.25, -0.2) is 0 Å². The molecule has 0 aromatic rings. The third kappa shape index (κ3) is 3.49. The molecule has 0 aliphatic carbocycles. The molecular weight excluding hydrogens is 128 g/mol. The van der Waals surface area contributed by atoms with E-state index in [1.54, 1.807) is 0 Å². The van der Waals surface area contributed by atoms with Gasteiger partial charge in [-0.1, -0.05) is 0 Å². The Kier molecular flexibility index (Phi) is 3.03. The van der Waals surface area contributed by atoms with Gasteiger partial charge in [0.05, 0.1) is 5.88 Å². The maximum Gasteiger partial charge on any atom is 0.243 e. The number of hydrogen-bond acceptors (Lipinski definition) is 2. The number of carbonyl (C=O) groups excluding carboxylic acids is 1. The highest BCUT2D eigenvalue weighted by atomic mass is 35.5. The standard InChI is InChI=1S/C4H7ClN2O/c5-2-3(6)1-4(7)8/h1H,2,6H2,(H2,7,8)/b3-1-. The van der Waals surface area contributed by atoms with Crippen LogP contribution in [0.2, 0.25) is 0 Å². The first kappa shape index (κ1) is 7.30. The largest absolute Gasteiger partial charge is 0.401 e. The Morgan fingerprint density at radius 2 is 2.12 bits per heavy atom.